The topological polar surface area (TPSA) is 85.1 Å². The van der Waals surface area contributed by atoms with E-state index >= 15 is 0 Å². The SMILES string of the molecule is O=C(Nc1ncc(Cc2ccc(Cl)c(Cl)c2)s1)c1cc(Cl)ccc1[N+](=O)[O-]. The summed E-state index contributed by atoms with van der Waals surface area (Å²) in [5.41, 5.74) is 0.481. The van der Waals surface area contributed by atoms with E-state index in [-0.39, 0.29) is 16.3 Å². The van der Waals surface area contributed by atoms with Crippen LogP contribution in [-0.4, -0.2) is 15.8 Å². The molecule has 0 saturated carbocycles. The van der Waals surface area contributed by atoms with Gasteiger partial charge in [0.15, 0.2) is 5.13 Å². The van der Waals surface area contributed by atoms with Gasteiger partial charge in [-0.25, -0.2) is 4.98 Å². The van der Waals surface area contributed by atoms with Crippen LogP contribution >= 0.6 is 46.1 Å². The molecule has 1 heterocycles. The molecule has 0 bridgehead atoms. The maximum Gasteiger partial charge on any atom is 0.282 e. The fourth-order valence-electron chi connectivity index (χ4n) is 2.31. The van der Waals surface area contributed by atoms with Gasteiger partial charge >= 0.3 is 0 Å². The van der Waals surface area contributed by atoms with Gasteiger partial charge < -0.3 is 0 Å². The molecule has 6 nitrogen and oxygen atoms in total. The number of thiazole rings is 1. The Hall–Kier alpha value is -2.19. The van der Waals surface area contributed by atoms with E-state index in [9.17, 15) is 14.9 Å². The first kappa shape index (κ1) is 19.6. The van der Waals surface area contributed by atoms with Crippen LogP contribution in [-0.2, 0) is 6.42 Å². The molecule has 0 fully saturated rings. The van der Waals surface area contributed by atoms with Crippen LogP contribution in [0.1, 0.15) is 20.8 Å². The lowest BCUT2D eigenvalue weighted by molar-refractivity contribution is -0.385. The number of rotatable bonds is 5. The standard InChI is InChI=1S/C17H10Cl3N3O3S/c18-10-2-4-15(23(25)26)12(7-10)16(24)22-17-21-8-11(27-17)5-9-1-3-13(19)14(20)6-9/h1-4,6-8H,5H2,(H,21,22,24). The molecule has 0 saturated heterocycles. The van der Waals surface area contributed by atoms with E-state index in [4.69, 9.17) is 34.8 Å². The minimum atomic E-state index is -0.653. The first-order valence-electron chi connectivity index (χ1n) is 7.47. The molecule has 1 N–H and O–H groups in total. The normalized spacial score (nSPS) is 10.6. The predicted molar refractivity (Wildman–Crippen MR) is 107 cm³/mol. The number of amides is 1. The third-order valence-electron chi connectivity index (χ3n) is 3.54. The van der Waals surface area contributed by atoms with Crippen LogP contribution in [0, 0.1) is 10.1 Å². The minimum Gasteiger partial charge on any atom is -0.298 e. The summed E-state index contributed by atoms with van der Waals surface area (Å²) in [5, 5.41) is 15.1. The maximum atomic E-state index is 12.4. The Kier molecular flexibility index (Phi) is 5.96. The molecular weight excluding hydrogens is 433 g/mol. The van der Waals surface area contributed by atoms with Crippen molar-refractivity contribution in [2.24, 2.45) is 0 Å². The van der Waals surface area contributed by atoms with Gasteiger partial charge in [-0.3, -0.25) is 20.2 Å². The lowest BCUT2D eigenvalue weighted by atomic mass is 10.1. The molecule has 1 aromatic heterocycles. The number of carbonyl (C=O) groups excluding carboxylic acids is 1. The Morgan fingerprint density at radius 2 is 1.93 bits per heavy atom. The highest BCUT2D eigenvalue weighted by atomic mass is 35.5. The lowest BCUT2D eigenvalue weighted by Gasteiger charge is -2.03. The molecule has 0 radical (unpaired) electrons. The summed E-state index contributed by atoms with van der Waals surface area (Å²) in [6.07, 6.45) is 2.18. The summed E-state index contributed by atoms with van der Waals surface area (Å²) in [7, 11) is 0. The van der Waals surface area contributed by atoms with Crippen LogP contribution < -0.4 is 5.32 Å². The fourth-order valence-corrected chi connectivity index (χ4v) is 3.65. The van der Waals surface area contributed by atoms with Gasteiger partial charge in [0.2, 0.25) is 0 Å². The number of aromatic nitrogens is 1. The van der Waals surface area contributed by atoms with Crippen LogP contribution in [0.25, 0.3) is 0 Å². The Morgan fingerprint density at radius 1 is 1.15 bits per heavy atom. The molecule has 0 aliphatic rings. The van der Waals surface area contributed by atoms with Crippen molar-refractivity contribution in [3.63, 3.8) is 0 Å². The molecule has 2 aromatic carbocycles. The fraction of sp³-hybridized carbons (Fsp3) is 0.0588. The summed E-state index contributed by atoms with van der Waals surface area (Å²) >= 11 is 19.0. The van der Waals surface area contributed by atoms with Crippen molar-refractivity contribution in [2.75, 3.05) is 5.32 Å². The molecule has 27 heavy (non-hydrogen) atoms. The first-order valence-corrected chi connectivity index (χ1v) is 9.42. The number of hydrogen-bond acceptors (Lipinski definition) is 5. The summed E-state index contributed by atoms with van der Waals surface area (Å²) in [5.74, 6) is -0.653. The van der Waals surface area contributed by atoms with E-state index in [1.54, 1.807) is 18.3 Å². The van der Waals surface area contributed by atoms with E-state index < -0.39 is 10.8 Å². The van der Waals surface area contributed by atoms with Crippen molar-refractivity contribution in [2.45, 2.75) is 6.42 Å². The van der Waals surface area contributed by atoms with Gasteiger partial charge in [-0.1, -0.05) is 40.9 Å². The number of nitrogens with one attached hydrogen (secondary N) is 1. The largest absolute Gasteiger partial charge is 0.298 e. The molecule has 0 aliphatic heterocycles. The molecule has 0 unspecified atom stereocenters. The molecule has 0 spiro atoms. The van der Waals surface area contributed by atoms with Crippen LogP contribution in [0.3, 0.4) is 0 Å². The second-order valence-corrected chi connectivity index (χ2v) is 7.80. The van der Waals surface area contributed by atoms with Gasteiger partial charge in [0.05, 0.1) is 15.0 Å². The van der Waals surface area contributed by atoms with Crippen LogP contribution in [0.15, 0.2) is 42.6 Å². The van der Waals surface area contributed by atoms with E-state index in [0.29, 0.717) is 21.6 Å². The van der Waals surface area contributed by atoms with E-state index in [0.717, 1.165) is 10.4 Å². The monoisotopic (exact) mass is 441 g/mol. The maximum absolute atomic E-state index is 12.4. The average molecular weight is 443 g/mol. The van der Waals surface area contributed by atoms with Crippen LogP contribution in [0.4, 0.5) is 10.8 Å². The summed E-state index contributed by atoms with van der Waals surface area (Å²) in [6, 6.07) is 9.11. The highest BCUT2D eigenvalue weighted by Crippen LogP contribution is 2.28. The van der Waals surface area contributed by atoms with Gasteiger partial charge in [-0.2, -0.15) is 0 Å². The van der Waals surface area contributed by atoms with Crippen LogP contribution in [0.5, 0.6) is 0 Å². The van der Waals surface area contributed by atoms with Crippen molar-refractivity contribution < 1.29 is 9.72 Å². The van der Waals surface area contributed by atoms with E-state index in [1.165, 1.54) is 29.5 Å². The molecular formula is C17H10Cl3N3O3S. The summed E-state index contributed by atoms with van der Waals surface area (Å²) in [6.45, 7) is 0. The molecule has 3 aromatic rings. The minimum absolute atomic E-state index is 0.131. The zero-order valence-electron chi connectivity index (χ0n) is 13.4. The van der Waals surface area contributed by atoms with Crippen LogP contribution in [0.2, 0.25) is 15.1 Å². The predicted octanol–water partition coefficient (Wildman–Crippen LogP) is 5.85. The van der Waals surface area contributed by atoms with Crippen molar-refractivity contribution in [1.82, 2.24) is 4.98 Å². The number of carbonyl (C=O) groups is 1. The Bertz CT molecular complexity index is 1040. The van der Waals surface area contributed by atoms with Crippen molar-refractivity contribution in [3.8, 4) is 0 Å². The lowest BCUT2D eigenvalue weighted by Crippen LogP contribution is -2.13. The Labute approximate surface area is 172 Å². The van der Waals surface area contributed by atoms with Crippen molar-refractivity contribution >= 4 is 62.9 Å². The quantitative estimate of drug-likeness (QED) is 0.396. The molecule has 138 valence electrons. The number of nitro groups is 1. The summed E-state index contributed by atoms with van der Waals surface area (Å²) < 4.78 is 0. The van der Waals surface area contributed by atoms with Gasteiger partial charge in [0.25, 0.3) is 11.6 Å². The zero-order valence-corrected chi connectivity index (χ0v) is 16.5. The van der Waals surface area contributed by atoms with Gasteiger partial charge in [-0.05, 0) is 29.8 Å². The van der Waals surface area contributed by atoms with E-state index in [1.807, 2.05) is 6.07 Å². The summed E-state index contributed by atoms with van der Waals surface area (Å²) in [4.78, 5) is 27.9. The molecule has 0 atom stereocenters. The second-order valence-electron chi connectivity index (χ2n) is 5.43. The number of nitro benzene ring substituents is 1. The van der Waals surface area contributed by atoms with Gasteiger partial charge in [0.1, 0.15) is 5.56 Å². The third-order valence-corrected chi connectivity index (χ3v) is 5.42. The number of nitrogens with zero attached hydrogens (tertiary/aromatic N) is 2. The molecule has 0 aliphatic carbocycles. The van der Waals surface area contributed by atoms with Gasteiger partial charge in [-0.15, -0.1) is 11.3 Å². The second kappa shape index (κ2) is 8.22. The molecule has 1 amide bonds. The smallest absolute Gasteiger partial charge is 0.282 e. The number of anilines is 1. The third kappa shape index (κ3) is 4.75. The molecule has 10 heteroatoms. The van der Waals surface area contributed by atoms with Gasteiger partial charge in [0, 0.05) is 28.6 Å². The number of halogens is 3. The average Bonchev–Trinajstić information content (AvgIpc) is 3.04. The highest BCUT2D eigenvalue weighted by molar-refractivity contribution is 7.15. The number of hydrogen-bond donors (Lipinski definition) is 1. The van der Waals surface area contributed by atoms with Crippen molar-refractivity contribution in [1.29, 1.82) is 0 Å². The molecule has 3 rings (SSSR count). The first-order chi connectivity index (χ1) is 12.8. The number of benzene rings is 2. The highest BCUT2D eigenvalue weighted by Gasteiger charge is 2.21. The zero-order chi connectivity index (χ0) is 19.6. The Morgan fingerprint density at radius 3 is 2.63 bits per heavy atom. The van der Waals surface area contributed by atoms with Crippen molar-refractivity contribution in [3.05, 3.63) is 83.8 Å². The Balaban J connectivity index is 1.76. The van der Waals surface area contributed by atoms with E-state index in [2.05, 4.69) is 10.3 Å².